The summed E-state index contributed by atoms with van der Waals surface area (Å²) < 4.78 is 0. The lowest BCUT2D eigenvalue weighted by molar-refractivity contribution is -0.123. The minimum atomic E-state index is -0.0271. The Morgan fingerprint density at radius 2 is 1.80 bits per heavy atom. The van der Waals surface area contributed by atoms with Crippen LogP contribution < -0.4 is 0 Å². The van der Waals surface area contributed by atoms with Gasteiger partial charge < -0.3 is 0 Å². The summed E-state index contributed by atoms with van der Waals surface area (Å²) in [7, 11) is 3.98. The van der Waals surface area contributed by atoms with Gasteiger partial charge in [0.15, 0.2) is 0 Å². The number of nitrogens with zero attached hydrogens (tertiary/aromatic N) is 1. The normalized spacial score (nSPS) is 12.8. The SMILES string of the molecule is CCCC(=O)C(Cc1cccc2ccccc12)N(C)C. The molecule has 0 radical (unpaired) electrons. The fraction of sp³-hybridized carbons (Fsp3) is 0.389. The maximum atomic E-state index is 12.3. The van der Waals surface area contributed by atoms with Gasteiger partial charge >= 0.3 is 0 Å². The summed E-state index contributed by atoms with van der Waals surface area (Å²) >= 11 is 0. The van der Waals surface area contributed by atoms with E-state index in [9.17, 15) is 4.79 Å². The molecule has 0 heterocycles. The largest absolute Gasteiger partial charge is 0.299 e. The molecule has 0 saturated carbocycles. The second kappa shape index (κ2) is 6.67. The van der Waals surface area contributed by atoms with Crippen LogP contribution in [0.5, 0.6) is 0 Å². The molecule has 2 aromatic rings. The van der Waals surface area contributed by atoms with Gasteiger partial charge in [-0.2, -0.15) is 0 Å². The number of Topliss-reactive ketones (excluding diaryl/α,β-unsaturated/α-hetero) is 1. The number of ketones is 1. The minimum Gasteiger partial charge on any atom is -0.299 e. The van der Waals surface area contributed by atoms with Crippen LogP contribution in [0.2, 0.25) is 0 Å². The van der Waals surface area contributed by atoms with Gasteiger partial charge in [0.2, 0.25) is 0 Å². The zero-order valence-electron chi connectivity index (χ0n) is 12.6. The molecular formula is C18H23NO. The summed E-state index contributed by atoms with van der Waals surface area (Å²) in [5.41, 5.74) is 1.26. The van der Waals surface area contributed by atoms with Crippen molar-refractivity contribution in [2.24, 2.45) is 0 Å². The zero-order valence-corrected chi connectivity index (χ0v) is 12.6. The van der Waals surface area contributed by atoms with Gasteiger partial charge in [-0.1, -0.05) is 49.4 Å². The third-order valence-corrected chi connectivity index (χ3v) is 3.78. The lowest BCUT2D eigenvalue weighted by atomic mass is 9.95. The Morgan fingerprint density at radius 3 is 2.50 bits per heavy atom. The Hall–Kier alpha value is -1.67. The Bertz CT molecular complexity index is 583. The van der Waals surface area contributed by atoms with Crippen molar-refractivity contribution in [1.29, 1.82) is 0 Å². The maximum Gasteiger partial charge on any atom is 0.150 e. The van der Waals surface area contributed by atoms with Crippen molar-refractivity contribution in [2.75, 3.05) is 14.1 Å². The quantitative estimate of drug-likeness (QED) is 0.797. The van der Waals surface area contributed by atoms with Crippen LogP contribution >= 0.6 is 0 Å². The lowest BCUT2D eigenvalue weighted by Crippen LogP contribution is -2.37. The van der Waals surface area contributed by atoms with E-state index in [2.05, 4.69) is 49.4 Å². The van der Waals surface area contributed by atoms with Crippen molar-refractivity contribution in [3.8, 4) is 0 Å². The molecule has 0 amide bonds. The van der Waals surface area contributed by atoms with Gasteiger partial charge in [0.25, 0.3) is 0 Å². The van der Waals surface area contributed by atoms with Crippen LogP contribution in [0, 0.1) is 0 Å². The molecule has 0 saturated heterocycles. The van der Waals surface area contributed by atoms with Gasteiger partial charge in [0, 0.05) is 6.42 Å². The number of rotatable bonds is 6. The van der Waals surface area contributed by atoms with Crippen LogP contribution in [0.4, 0.5) is 0 Å². The van der Waals surface area contributed by atoms with E-state index in [0.717, 1.165) is 12.8 Å². The topological polar surface area (TPSA) is 20.3 Å². The van der Waals surface area contributed by atoms with Crippen molar-refractivity contribution in [3.05, 3.63) is 48.0 Å². The van der Waals surface area contributed by atoms with Gasteiger partial charge in [-0.3, -0.25) is 9.69 Å². The first-order valence-electron chi connectivity index (χ1n) is 7.29. The summed E-state index contributed by atoms with van der Waals surface area (Å²) in [6, 6.07) is 14.7. The number of carbonyl (C=O) groups is 1. The molecular weight excluding hydrogens is 246 g/mol. The Morgan fingerprint density at radius 1 is 1.10 bits per heavy atom. The van der Waals surface area contributed by atoms with Gasteiger partial charge in [0.1, 0.15) is 5.78 Å². The van der Waals surface area contributed by atoms with Gasteiger partial charge in [0.05, 0.1) is 6.04 Å². The Balaban J connectivity index is 2.31. The van der Waals surface area contributed by atoms with Crippen molar-refractivity contribution < 1.29 is 4.79 Å². The summed E-state index contributed by atoms with van der Waals surface area (Å²) in [6.07, 6.45) is 2.36. The molecule has 2 nitrogen and oxygen atoms in total. The van der Waals surface area contributed by atoms with Crippen LogP contribution in [0.15, 0.2) is 42.5 Å². The molecule has 20 heavy (non-hydrogen) atoms. The predicted molar refractivity (Wildman–Crippen MR) is 85.0 cm³/mol. The highest BCUT2D eigenvalue weighted by molar-refractivity contribution is 5.88. The van der Waals surface area contributed by atoms with Crippen molar-refractivity contribution in [2.45, 2.75) is 32.2 Å². The van der Waals surface area contributed by atoms with E-state index in [1.807, 2.05) is 19.0 Å². The predicted octanol–water partition coefficient (Wildman–Crippen LogP) is 3.68. The second-order valence-electron chi connectivity index (χ2n) is 5.54. The molecule has 0 aliphatic rings. The lowest BCUT2D eigenvalue weighted by Gasteiger charge is -2.23. The molecule has 0 fully saturated rings. The molecule has 0 aliphatic carbocycles. The first kappa shape index (κ1) is 14.7. The maximum absolute atomic E-state index is 12.3. The van der Waals surface area contributed by atoms with Crippen molar-refractivity contribution in [1.82, 2.24) is 4.90 Å². The van der Waals surface area contributed by atoms with Crippen molar-refractivity contribution in [3.63, 3.8) is 0 Å². The molecule has 0 bridgehead atoms. The molecule has 106 valence electrons. The van der Waals surface area contributed by atoms with Crippen LogP contribution in [0.3, 0.4) is 0 Å². The highest BCUT2D eigenvalue weighted by Gasteiger charge is 2.20. The van der Waals surface area contributed by atoms with Gasteiger partial charge in [-0.15, -0.1) is 0 Å². The van der Waals surface area contributed by atoms with Gasteiger partial charge in [-0.05, 0) is 43.3 Å². The smallest absolute Gasteiger partial charge is 0.150 e. The van der Waals surface area contributed by atoms with E-state index in [-0.39, 0.29) is 6.04 Å². The van der Waals surface area contributed by atoms with E-state index in [4.69, 9.17) is 0 Å². The number of carbonyl (C=O) groups excluding carboxylic acids is 1. The first-order chi connectivity index (χ1) is 9.63. The fourth-order valence-electron chi connectivity index (χ4n) is 2.68. The van der Waals surface area contributed by atoms with E-state index in [0.29, 0.717) is 12.2 Å². The van der Waals surface area contributed by atoms with E-state index < -0.39 is 0 Å². The highest BCUT2D eigenvalue weighted by Crippen LogP contribution is 2.21. The number of hydrogen-bond donors (Lipinski definition) is 0. The van der Waals surface area contributed by atoms with Crippen LogP contribution in [-0.2, 0) is 11.2 Å². The van der Waals surface area contributed by atoms with Crippen LogP contribution in [-0.4, -0.2) is 30.8 Å². The third kappa shape index (κ3) is 3.26. The molecule has 2 aromatic carbocycles. The van der Waals surface area contributed by atoms with Gasteiger partial charge in [-0.25, -0.2) is 0 Å². The van der Waals surface area contributed by atoms with Crippen LogP contribution in [0.25, 0.3) is 10.8 Å². The number of likely N-dealkylation sites (N-methyl/N-ethyl adjacent to an activating group) is 1. The fourth-order valence-corrected chi connectivity index (χ4v) is 2.68. The number of hydrogen-bond acceptors (Lipinski definition) is 2. The Labute approximate surface area is 121 Å². The molecule has 0 N–H and O–H groups in total. The zero-order chi connectivity index (χ0) is 14.5. The summed E-state index contributed by atoms with van der Waals surface area (Å²) in [5, 5.41) is 2.50. The average Bonchev–Trinajstić information content (AvgIpc) is 2.44. The molecule has 2 rings (SSSR count). The van der Waals surface area contributed by atoms with E-state index in [1.54, 1.807) is 0 Å². The second-order valence-corrected chi connectivity index (χ2v) is 5.54. The minimum absolute atomic E-state index is 0.0271. The average molecular weight is 269 g/mol. The van der Waals surface area contributed by atoms with Crippen molar-refractivity contribution >= 4 is 16.6 Å². The summed E-state index contributed by atoms with van der Waals surface area (Å²) in [5.74, 6) is 0.338. The summed E-state index contributed by atoms with van der Waals surface area (Å²) in [6.45, 7) is 2.06. The molecule has 2 heteroatoms. The number of fused-ring (bicyclic) bond motifs is 1. The molecule has 0 aliphatic heterocycles. The van der Waals surface area contributed by atoms with E-state index in [1.165, 1.54) is 16.3 Å². The monoisotopic (exact) mass is 269 g/mol. The summed E-state index contributed by atoms with van der Waals surface area (Å²) in [4.78, 5) is 14.3. The Kier molecular flexibility index (Phi) is 4.91. The molecule has 1 unspecified atom stereocenters. The number of benzene rings is 2. The molecule has 0 aromatic heterocycles. The van der Waals surface area contributed by atoms with Crippen LogP contribution in [0.1, 0.15) is 25.3 Å². The molecule has 0 spiro atoms. The standard InChI is InChI=1S/C18H23NO/c1-4-8-18(20)17(19(2)3)13-15-11-7-10-14-9-5-6-12-16(14)15/h5-7,9-12,17H,4,8,13H2,1-3H3. The first-order valence-corrected chi connectivity index (χ1v) is 7.29. The van der Waals surface area contributed by atoms with E-state index >= 15 is 0 Å². The highest BCUT2D eigenvalue weighted by atomic mass is 16.1. The molecule has 1 atom stereocenters. The third-order valence-electron chi connectivity index (χ3n) is 3.78.